The zero-order chi connectivity index (χ0) is 18.6. The van der Waals surface area contributed by atoms with E-state index >= 15 is 0 Å². The maximum atomic E-state index is 12.5. The van der Waals surface area contributed by atoms with Crippen LogP contribution < -0.4 is 4.74 Å². The van der Waals surface area contributed by atoms with Crippen LogP contribution in [0.2, 0.25) is 0 Å². The van der Waals surface area contributed by atoms with Crippen LogP contribution in [0.3, 0.4) is 0 Å². The topological polar surface area (TPSA) is 81.4 Å². The van der Waals surface area contributed by atoms with E-state index in [1.54, 1.807) is 23.2 Å². The maximum absolute atomic E-state index is 12.5. The van der Waals surface area contributed by atoms with Crippen molar-refractivity contribution in [1.82, 2.24) is 20.0 Å². The molecule has 0 N–H and O–H groups in total. The fraction of sp³-hybridized carbons (Fsp3) is 0.300. The summed E-state index contributed by atoms with van der Waals surface area (Å²) in [6.45, 7) is 3.47. The van der Waals surface area contributed by atoms with E-state index in [2.05, 4.69) is 15.1 Å². The molecule has 0 spiro atoms. The molecule has 27 heavy (non-hydrogen) atoms. The summed E-state index contributed by atoms with van der Waals surface area (Å²) in [5.74, 6) is 1.81. The normalized spacial score (nSPS) is 16.5. The standard InChI is InChI=1S/C20H20N4O3/c1-14-5-7-16(8-6-14)26-13-18-22-19(23-27-18)15-9-11-24(12-15)20(25)17-4-2-3-10-21-17/h2-8,10,15H,9,11-13H2,1H3. The van der Waals surface area contributed by atoms with Crippen molar-refractivity contribution in [2.75, 3.05) is 13.1 Å². The average Bonchev–Trinajstić information content (AvgIpc) is 3.37. The lowest BCUT2D eigenvalue weighted by molar-refractivity contribution is 0.0784. The smallest absolute Gasteiger partial charge is 0.272 e. The second-order valence-electron chi connectivity index (χ2n) is 6.60. The number of benzene rings is 1. The molecular weight excluding hydrogens is 344 g/mol. The Morgan fingerprint density at radius 1 is 1.26 bits per heavy atom. The van der Waals surface area contributed by atoms with Crippen LogP contribution in [0.1, 0.15) is 40.1 Å². The molecule has 0 aliphatic carbocycles. The van der Waals surface area contributed by atoms with Crippen LogP contribution in [-0.4, -0.2) is 39.0 Å². The number of nitrogens with zero attached hydrogens (tertiary/aromatic N) is 4. The van der Waals surface area contributed by atoms with Crippen LogP contribution in [0.15, 0.2) is 53.2 Å². The second-order valence-corrected chi connectivity index (χ2v) is 6.60. The van der Waals surface area contributed by atoms with Gasteiger partial charge >= 0.3 is 0 Å². The van der Waals surface area contributed by atoms with Crippen LogP contribution in [-0.2, 0) is 6.61 Å². The highest BCUT2D eigenvalue weighted by molar-refractivity contribution is 5.92. The van der Waals surface area contributed by atoms with Crippen LogP contribution in [0, 0.1) is 6.92 Å². The summed E-state index contributed by atoms with van der Waals surface area (Å²) < 4.78 is 11.0. The first-order chi connectivity index (χ1) is 13.2. The lowest BCUT2D eigenvalue weighted by Crippen LogP contribution is -2.29. The van der Waals surface area contributed by atoms with Gasteiger partial charge in [0, 0.05) is 25.2 Å². The Kier molecular flexibility index (Phi) is 4.82. The molecule has 7 nitrogen and oxygen atoms in total. The predicted octanol–water partition coefficient (Wildman–Crippen LogP) is 2.98. The number of pyridine rings is 1. The highest BCUT2D eigenvalue weighted by Crippen LogP contribution is 2.26. The molecule has 0 bridgehead atoms. The third kappa shape index (κ3) is 3.97. The van der Waals surface area contributed by atoms with E-state index in [9.17, 15) is 4.79 Å². The number of aryl methyl sites for hydroxylation is 1. The molecule has 1 aliphatic heterocycles. The minimum absolute atomic E-state index is 0.0644. The first kappa shape index (κ1) is 17.2. The zero-order valence-electron chi connectivity index (χ0n) is 15.0. The molecule has 1 aromatic carbocycles. The molecule has 0 saturated carbocycles. The minimum Gasteiger partial charge on any atom is -0.484 e. The van der Waals surface area contributed by atoms with Gasteiger partial charge in [-0.2, -0.15) is 4.98 Å². The van der Waals surface area contributed by atoms with Crippen molar-refractivity contribution in [2.24, 2.45) is 0 Å². The summed E-state index contributed by atoms with van der Waals surface area (Å²) in [5.41, 5.74) is 1.63. The summed E-state index contributed by atoms with van der Waals surface area (Å²) in [6, 6.07) is 13.1. The van der Waals surface area contributed by atoms with E-state index in [0.717, 1.165) is 12.2 Å². The van der Waals surface area contributed by atoms with E-state index in [4.69, 9.17) is 9.26 Å². The van der Waals surface area contributed by atoms with Crippen molar-refractivity contribution in [3.8, 4) is 5.75 Å². The second kappa shape index (κ2) is 7.57. The van der Waals surface area contributed by atoms with Gasteiger partial charge in [0.1, 0.15) is 11.4 Å². The van der Waals surface area contributed by atoms with Gasteiger partial charge in [0.2, 0.25) is 0 Å². The van der Waals surface area contributed by atoms with Gasteiger partial charge in [-0.3, -0.25) is 9.78 Å². The summed E-state index contributed by atoms with van der Waals surface area (Å²) in [6.07, 6.45) is 2.43. The highest BCUT2D eigenvalue weighted by atomic mass is 16.5. The van der Waals surface area contributed by atoms with Gasteiger partial charge in [0.25, 0.3) is 11.8 Å². The van der Waals surface area contributed by atoms with E-state index in [0.29, 0.717) is 30.5 Å². The summed E-state index contributed by atoms with van der Waals surface area (Å²) in [4.78, 5) is 22.8. The first-order valence-electron chi connectivity index (χ1n) is 8.91. The number of likely N-dealkylation sites (tertiary alicyclic amines) is 1. The number of rotatable bonds is 5. The number of carbonyl (C=O) groups is 1. The van der Waals surface area contributed by atoms with E-state index < -0.39 is 0 Å². The molecule has 1 amide bonds. The Hall–Kier alpha value is -3.22. The highest BCUT2D eigenvalue weighted by Gasteiger charge is 2.31. The average molecular weight is 364 g/mol. The molecule has 0 radical (unpaired) electrons. The fourth-order valence-corrected chi connectivity index (χ4v) is 3.08. The summed E-state index contributed by atoms with van der Waals surface area (Å²) >= 11 is 0. The monoisotopic (exact) mass is 364 g/mol. The Balaban J connectivity index is 1.35. The number of amides is 1. The van der Waals surface area contributed by atoms with Crippen molar-refractivity contribution in [2.45, 2.75) is 25.9 Å². The van der Waals surface area contributed by atoms with Gasteiger partial charge in [-0.1, -0.05) is 28.9 Å². The van der Waals surface area contributed by atoms with Crippen molar-refractivity contribution in [3.05, 3.63) is 71.6 Å². The Bertz CT molecular complexity index is 908. The molecule has 2 aromatic heterocycles. The number of hydrogen-bond acceptors (Lipinski definition) is 6. The molecule has 1 aliphatic rings. The van der Waals surface area contributed by atoms with E-state index in [-0.39, 0.29) is 18.4 Å². The molecule has 3 aromatic rings. The Labute approximate surface area is 157 Å². The SMILES string of the molecule is Cc1ccc(OCc2nc(C3CCN(C(=O)c4ccccn4)C3)no2)cc1. The van der Waals surface area contributed by atoms with Gasteiger partial charge in [-0.05, 0) is 37.6 Å². The Morgan fingerprint density at radius 2 is 2.11 bits per heavy atom. The molecule has 1 atom stereocenters. The quantitative estimate of drug-likeness (QED) is 0.692. The molecule has 1 fully saturated rings. The van der Waals surface area contributed by atoms with Gasteiger partial charge in [0.05, 0.1) is 0 Å². The van der Waals surface area contributed by atoms with Crippen molar-refractivity contribution < 1.29 is 14.1 Å². The predicted molar refractivity (Wildman–Crippen MR) is 97.3 cm³/mol. The van der Waals surface area contributed by atoms with E-state index in [1.165, 1.54) is 5.56 Å². The van der Waals surface area contributed by atoms with Crippen molar-refractivity contribution in [3.63, 3.8) is 0 Å². The van der Waals surface area contributed by atoms with Gasteiger partial charge in [-0.15, -0.1) is 0 Å². The number of aromatic nitrogens is 3. The van der Waals surface area contributed by atoms with Crippen molar-refractivity contribution in [1.29, 1.82) is 0 Å². The molecule has 1 unspecified atom stereocenters. The number of hydrogen-bond donors (Lipinski definition) is 0. The first-order valence-corrected chi connectivity index (χ1v) is 8.91. The third-order valence-corrected chi connectivity index (χ3v) is 4.59. The van der Waals surface area contributed by atoms with Gasteiger partial charge < -0.3 is 14.2 Å². The van der Waals surface area contributed by atoms with Crippen LogP contribution in [0.4, 0.5) is 0 Å². The molecule has 3 heterocycles. The van der Waals surface area contributed by atoms with Gasteiger partial charge in [0.15, 0.2) is 12.4 Å². The van der Waals surface area contributed by atoms with Crippen LogP contribution in [0.5, 0.6) is 5.75 Å². The molecular formula is C20H20N4O3. The van der Waals surface area contributed by atoms with Crippen molar-refractivity contribution >= 4 is 5.91 Å². The maximum Gasteiger partial charge on any atom is 0.272 e. The molecule has 1 saturated heterocycles. The molecule has 4 rings (SSSR count). The molecule has 138 valence electrons. The lowest BCUT2D eigenvalue weighted by Gasteiger charge is -2.14. The zero-order valence-corrected chi connectivity index (χ0v) is 15.0. The molecule has 7 heteroatoms. The van der Waals surface area contributed by atoms with Crippen LogP contribution >= 0.6 is 0 Å². The third-order valence-electron chi connectivity index (χ3n) is 4.59. The summed E-state index contributed by atoms with van der Waals surface area (Å²) in [7, 11) is 0. The van der Waals surface area contributed by atoms with E-state index in [1.807, 2.05) is 37.3 Å². The Morgan fingerprint density at radius 3 is 2.89 bits per heavy atom. The fourth-order valence-electron chi connectivity index (χ4n) is 3.08. The lowest BCUT2D eigenvalue weighted by atomic mass is 10.1. The minimum atomic E-state index is -0.0653. The van der Waals surface area contributed by atoms with Crippen LogP contribution in [0.25, 0.3) is 0 Å². The van der Waals surface area contributed by atoms with Gasteiger partial charge in [-0.25, -0.2) is 0 Å². The number of ether oxygens (including phenoxy) is 1. The summed E-state index contributed by atoms with van der Waals surface area (Å²) in [5, 5.41) is 4.07. The largest absolute Gasteiger partial charge is 0.484 e. The number of carbonyl (C=O) groups excluding carboxylic acids is 1.